The Bertz CT molecular complexity index is 537. The highest BCUT2D eigenvalue weighted by molar-refractivity contribution is 6.77. The highest BCUT2D eigenvalue weighted by atomic mass is 28.3. The lowest BCUT2D eigenvalue weighted by molar-refractivity contribution is -0.152. The first-order valence-electron chi connectivity index (χ1n) is 6.62. The molecule has 0 N–H and O–H groups in total. The van der Waals surface area contributed by atoms with Gasteiger partial charge >= 0.3 is 11.8 Å². The van der Waals surface area contributed by atoms with Crippen molar-refractivity contribution < 1.29 is 9.59 Å². The summed E-state index contributed by atoms with van der Waals surface area (Å²) in [7, 11) is -1.79. The molecular formula is C14H19N3O2Si. The van der Waals surface area contributed by atoms with E-state index in [9.17, 15) is 9.59 Å². The van der Waals surface area contributed by atoms with Gasteiger partial charge in [-0.1, -0.05) is 50.0 Å². The van der Waals surface area contributed by atoms with Gasteiger partial charge in [-0.05, 0) is 5.56 Å². The highest BCUT2D eigenvalue weighted by Gasteiger charge is 2.38. The van der Waals surface area contributed by atoms with Gasteiger partial charge in [0.1, 0.15) is 0 Å². The minimum absolute atomic E-state index is 0.430. The van der Waals surface area contributed by atoms with E-state index in [4.69, 9.17) is 0 Å². The largest absolute Gasteiger partial charge is 0.360 e. The fourth-order valence-corrected chi connectivity index (χ4v) is 3.53. The van der Waals surface area contributed by atoms with Crippen molar-refractivity contribution in [2.75, 3.05) is 13.1 Å². The molecule has 2 amide bonds. The summed E-state index contributed by atoms with van der Waals surface area (Å²) in [5, 5.41) is 5.38. The van der Waals surface area contributed by atoms with Crippen molar-refractivity contribution >= 4 is 26.3 Å². The maximum Gasteiger partial charge on any atom is 0.331 e. The lowest BCUT2D eigenvalue weighted by atomic mass is 10.2. The Morgan fingerprint density at radius 2 is 1.70 bits per heavy atom. The minimum Gasteiger partial charge on any atom is -0.360 e. The van der Waals surface area contributed by atoms with Crippen LogP contribution in [-0.2, 0) is 9.59 Å². The van der Waals surface area contributed by atoms with E-state index < -0.39 is 20.0 Å². The van der Waals surface area contributed by atoms with Crippen LogP contribution in [0.3, 0.4) is 0 Å². The molecule has 1 fully saturated rings. The van der Waals surface area contributed by atoms with Gasteiger partial charge in [0, 0.05) is 6.54 Å². The standard InChI is InChI=1S/C14H19N3O2Si/c1-20(2,3)17-10-9-16(13(18)14(17)19)15-11-12-7-5-4-6-8-12/h4-8,11H,9-10H2,1-3H3. The molecule has 0 spiro atoms. The molecule has 0 saturated carbocycles. The molecule has 0 aromatic heterocycles. The Hall–Kier alpha value is -1.95. The number of amides is 2. The Labute approximate surface area is 120 Å². The third-order valence-corrected chi connectivity index (χ3v) is 5.20. The van der Waals surface area contributed by atoms with Gasteiger partial charge in [-0.15, -0.1) is 0 Å². The number of hydrogen-bond donors (Lipinski definition) is 0. The zero-order valence-corrected chi connectivity index (χ0v) is 13.0. The van der Waals surface area contributed by atoms with Gasteiger partial charge in [-0.25, -0.2) is 5.01 Å². The van der Waals surface area contributed by atoms with Crippen molar-refractivity contribution in [3.63, 3.8) is 0 Å². The van der Waals surface area contributed by atoms with Crippen LogP contribution in [0, 0.1) is 0 Å². The molecule has 0 aliphatic carbocycles. The Morgan fingerprint density at radius 1 is 1.05 bits per heavy atom. The van der Waals surface area contributed by atoms with Crippen LogP contribution in [0.1, 0.15) is 5.56 Å². The normalized spacial score (nSPS) is 17.1. The van der Waals surface area contributed by atoms with Crippen molar-refractivity contribution in [3.05, 3.63) is 35.9 Å². The second-order valence-corrected chi connectivity index (χ2v) is 10.6. The number of nitrogens with zero attached hydrogens (tertiary/aromatic N) is 3. The maximum atomic E-state index is 12.1. The fraction of sp³-hybridized carbons (Fsp3) is 0.357. The van der Waals surface area contributed by atoms with Crippen molar-refractivity contribution in [3.8, 4) is 0 Å². The van der Waals surface area contributed by atoms with Gasteiger partial charge < -0.3 is 4.57 Å². The van der Waals surface area contributed by atoms with Crippen LogP contribution < -0.4 is 0 Å². The van der Waals surface area contributed by atoms with Gasteiger partial charge in [0.2, 0.25) is 0 Å². The lowest BCUT2D eigenvalue weighted by Crippen LogP contribution is -2.60. The van der Waals surface area contributed by atoms with E-state index >= 15 is 0 Å². The first-order chi connectivity index (χ1) is 9.39. The van der Waals surface area contributed by atoms with Crippen LogP contribution in [0.2, 0.25) is 19.6 Å². The average Bonchev–Trinajstić information content (AvgIpc) is 2.40. The molecule has 2 rings (SSSR count). The minimum atomic E-state index is -1.79. The smallest absolute Gasteiger partial charge is 0.331 e. The fourth-order valence-electron chi connectivity index (χ4n) is 2.05. The van der Waals surface area contributed by atoms with Crippen LogP contribution in [-0.4, -0.2) is 48.9 Å². The maximum absolute atomic E-state index is 12.1. The van der Waals surface area contributed by atoms with E-state index in [0.29, 0.717) is 13.1 Å². The molecular weight excluding hydrogens is 270 g/mol. The number of carbonyl (C=O) groups excluding carboxylic acids is 2. The molecule has 0 atom stereocenters. The SMILES string of the molecule is C[Si](C)(C)N1CCN(N=Cc2ccccc2)C(=O)C1=O. The third-order valence-electron chi connectivity index (χ3n) is 3.15. The monoisotopic (exact) mass is 289 g/mol. The van der Waals surface area contributed by atoms with Crippen LogP contribution >= 0.6 is 0 Å². The molecule has 0 bridgehead atoms. The van der Waals surface area contributed by atoms with Crippen molar-refractivity contribution in [2.45, 2.75) is 19.6 Å². The van der Waals surface area contributed by atoms with E-state index in [1.54, 1.807) is 10.8 Å². The molecule has 6 heteroatoms. The molecule has 0 unspecified atom stereocenters. The molecule has 1 saturated heterocycles. The third kappa shape index (κ3) is 3.13. The number of carbonyl (C=O) groups is 2. The summed E-state index contributed by atoms with van der Waals surface area (Å²) in [6.45, 7) is 7.19. The molecule has 1 aromatic rings. The van der Waals surface area contributed by atoms with E-state index in [1.165, 1.54) is 5.01 Å². The highest BCUT2D eigenvalue weighted by Crippen LogP contribution is 2.15. The van der Waals surface area contributed by atoms with E-state index in [1.807, 2.05) is 30.3 Å². The van der Waals surface area contributed by atoms with Gasteiger partial charge in [-0.3, -0.25) is 9.59 Å². The second-order valence-electron chi connectivity index (χ2n) is 5.71. The van der Waals surface area contributed by atoms with Crippen molar-refractivity contribution in [2.24, 2.45) is 5.10 Å². The molecule has 0 radical (unpaired) electrons. The van der Waals surface area contributed by atoms with Crippen molar-refractivity contribution in [1.29, 1.82) is 0 Å². The predicted octanol–water partition coefficient (Wildman–Crippen LogP) is 1.53. The molecule has 106 valence electrons. The number of piperazine rings is 1. The van der Waals surface area contributed by atoms with E-state index in [0.717, 1.165) is 5.56 Å². The number of hydrogen-bond acceptors (Lipinski definition) is 3. The first kappa shape index (κ1) is 14.5. The lowest BCUT2D eigenvalue weighted by Gasteiger charge is -2.38. The quantitative estimate of drug-likeness (QED) is 0.481. The average molecular weight is 289 g/mol. The zero-order valence-electron chi connectivity index (χ0n) is 12.0. The number of hydrazone groups is 1. The number of rotatable bonds is 3. The Balaban J connectivity index is 2.08. The van der Waals surface area contributed by atoms with Crippen molar-refractivity contribution in [1.82, 2.24) is 9.57 Å². The number of benzene rings is 1. The van der Waals surface area contributed by atoms with Gasteiger partial charge in [0.25, 0.3) is 0 Å². The van der Waals surface area contributed by atoms with E-state index in [2.05, 4.69) is 24.7 Å². The molecule has 20 heavy (non-hydrogen) atoms. The summed E-state index contributed by atoms with van der Waals surface area (Å²) in [5.74, 6) is -0.966. The van der Waals surface area contributed by atoms with Gasteiger partial charge in [0.05, 0.1) is 12.8 Å². The molecule has 1 aromatic carbocycles. The summed E-state index contributed by atoms with van der Waals surface area (Å²) in [6, 6.07) is 9.51. The Morgan fingerprint density at radius 3 is 2.30 bits per heavy atom. The van der Waals surface area contributed by atoms with Crippen LogP contribution in [0.15, 0.2) is 35.4 Å². The summed E-state index contributed by atoms with van der Waals surface area (Å²) in [4.78, 5) is 24.1. The zero-order chi connectivity index (χ0) is 14.8. The summed E-state index contributed by atoms with van der Waals surface area (Å²) in [5.41, 5.74) is 0.903. The predicted molar refractivity (Wildman–Crippen MR) is 80.8 cm³/mol. The summed E-state index contributed by atoms with van der Waals surface area (Å²) >= 11 is 0. The summed E-state index contributed by atoms with van der Waals surface area (Å²) in [6.07, 6.45) is 1.61. The van der Waals surface area contributed by atoms with Crippen LogP contribution in [0.4, 0.5) is 0 Å². The summed E-state index contributed by atoms with van der Waals surface area (Å²) < 4.78 is 1.73. The molecule has 1 heterocycles. The second kappa shape index (κ2) is 5.58. The van der Waals surface area contributed by atoms with E-state index in [-0.39, 0.29) is 0 Å². The Kier molecular flexibility index (Phi) is 4.03. The molecule has 1 aliphatic heterocycles. The van der Waals surface area contributed by atoms with Crippen LogP contribution in [0.25, 0.3) is 0 Å². The topological polar surface area (TPSA) is 53.0 Å². The van der Waals surface area contributed by atoms with Gasteiger partial charge in [-0.2, -0.15) is 5.10 Å². The molecule has 5 nitrogen and oxygen atoms in total. The first-order valence-corrected chi connectivity index (χ1v) is 10.1. The van der Waals surface area contributed by atoms with Crippen LogP contribution in [0.5, 0.6) is 0 Å². The molecule has 1 aliphatic rings. The van der Waals surface area contributed by atoms with Gasteiger partial charge in [0.15, 0.2) is 8.24 Å².